The number of hydrogen-bond acceptors (Lipinski definition) is 3. The van der Waals surface area contributed by atoms with Gasteiger partial charge in [-0.2, -0.15) is 0 Å². The largest absolute Gasteiger partial charge is 0.394 e. The van der Waals surface area contributed by atoms with E-state index in [0.29, 0.717) is 6.61 Å². The number of carbonyl (C=O) groups is 1. The van der Waals surface area contributed by atoms with Crippen LogP contribution in [0.2, 0.25) is 0 Å². The van der Waals surface area contributed by atoms with E-state index in [2.05, 4.69) is 5.32 Å². The third-order valence-electron chi connectivity index (χ3n) is 1.87. The Balaban J connectivity index is 4.15. The highest BCUT2D eigenvalue weighted by atomic mass is 35.5. The summed E-state index contributed by atoms with van der Waals surface area (Å²) in [6.45, 7) is 3.64. The van der Waals surface area contributed by atoms with Gasteiger partial charge in [0.05, 0.1) is 24.7 Å². The number of aliphatic hydroxyl groups is 1. The minimum absolute atomic E-state index is 0.141. The molecule has 1 unspecified atom stereocenters. The molecule has 4 nitrogen and oxygen atoms in total. The molecule has 84 valence electrons. The van der Waals surface area contributed by atoms with Gasteiger partial charge in [0.1, 0.15) is 0 Å². The lowest BCUT2D eigenvalue weighted by Crippen LogP contribution is -2.47. The van der Waals surface area contributed by atoms with E-state index in [1.54, 1.807) is 13.8 Å². The maximum absolute atomic E-state index is 11.6. The van der Waals surface area contributed by atoms with Crippen molar-refractivity contribution in [2.45, 2.75) is 19.9 Å². The van der Waals surface area contributed by atoms with Crippen molar-refractivity contribution in [3.05, 3.63) is 0 Å². The van der Waals surface area contributed by atoms with Crippen LogP contribution < -0.4 is 5.32 Å². The molecule has 1 amide bonds. The summed E-state index contributed by atoms with van der Waals surface area (Å²) in [6.07, 6.45) is 0. The van der Waals surface area contributed by atoms with Gasteiger partial charge in [0.2, 0.25) is 5.91 Å². The smallest absolute Gasteiger partial charge is 0.227 e. The van der Waals surface area contributed by atoms with Crippen LogP contribution in [0.5, 0.6) is 0 Å². The van der Waals surface area contributed by atoms with Gasteiger partial charge in [-0.05, 0) is 13.8 Å². The second kappa shape index (κ2) is 6.22. The highest BCUT2D eigenvalue weighted by molar-refractivity contribution is 6.19. The second-order valence-corrected chi connectivity index (χ2v) is 4.09. The Bertz CT molecular complexity index is 185. The van der Waals surface area contributed by atoms with Gasteiger partial charge in [0.15, 0.2) is 0 Å². The quantitative estimate of drug-likeness (QED) is 0.640. The SMILES string of the molecule is COCC(CO)NC(=O)C(C)(C)CCl. The minimum Gasteiger partial charge on any atom is -0.394 e. The van der Waals surface area contributed by atoms with Gasteiger partial charge < -0.3 is 15.2 Å². The van der Waals surface area contributed by atoms with E-state index >= 15 is 0 Å². The lowest BCUT2D eigenvalue weighted by molar-refractivity contribution is -0.129. The van der Waals surface area contributed by atoms with Crippen LogP contribution in [0.1, 0.15) is 13.8 Å². The molecule has 0 fully saturated rings. The van der Waals surface area contributed by atoms with E-state index in [0.717, 1.165) is 0 Å². The molecule has 14 heavy (non-hydrogen) atoms. The number of aliphatic hydroxyl groups excluding tert-OH is 1. The summed E-state index contributed by atoms with van der Waals surface area (Å²) < 4.78 is 4.83. The Morgan fingerprint density at radius 3 is 2.57 bits per heavy atom. The van der Waals surface area contributed by atoms with Crippen LogP contribution in [-0.2, 0) is 9.53 Å². The monoisotopic (exact) mass is 223 g/mol. The predicted molar refractivity (Wildman–Crippen MR) is 55.4 cm³/mol. The Morgan fingerprint density at radius 2 is 2.21 bits per heavy atom. The predicted octanol–water partition coefficient (Wildman–Crippen LogP) is 0.375. The van der Waals surface area contributed by atoms with Crippen LogP contribution in [0.15, 0.2) is 0 Å². The zero-order chi connectivity index (χ0) is 11.2. The van der Waals surface area contributed by atoms with E-state index in [1.807, 2.05) is 0 Å². The molecule has 2 N–H and O–H groups in total. The lowest BCUT2D eigenvalue weighted by atomic mass is 9.95. The highest BCUT2D eigenvalue weighted by Crippen LogP contribution is 2.16. The number of hydrogen-bond donors (Lipinski definition) is 2. The summed E-state index contributed by atoms with van der Waals surface area (Å²) >= 11 is 5.64. The molecule has 0 aromatic carbocycles. The van der Waals surface area contributed by atoms with Crippen molar-refractivity contribution in [1.82, 2.24) is 5.32 Å². The molecule has 0 saturated carbocycles. The lowest BCUT2D eigenvalue weighted by Gasteiger charge is -2.24. The molecule has 0 rings (SSSR count). The van der Waals surface area contributed by atoms with Gasteiger partial charge in [0.25, 0.3) is 0 Å². The van der Waals surface area contributed by atoms with Crippen molar-refractivity contribution in [1.29, 1.82) is 0 Å². The summed E-state index contributed by atoms with van der Waals surface area (Å²) in [5, 5.41) is 11.6. The number of methoxy groups -OCH3 is 1. The Hall–Kier alpha value is -0.320. The van der Waals surface area contributed by atoms with Crippen LogP contribution in [0.25, 0.3) is 0 Å². The van der Waals surface area contributed by atoms with E-state index in [-0.39, 0.29) is 24.4 Å². The van der Waals surface area contributed by atoms with Gasteiger partial charge in [-0.1, -0.05) is 0 Å². The molecule has 0 aromatic heterocycles. The number of amides is 1. The van der Waals surface area contributed by atoms with Crippen molar-refractivity contribution in [2.24, 2.45) is 5.41 Å². The molecule has 0 spiro atoms. The van der Waals surface area contributed by atoms with Gasteiger partial charge in [-0.15, -0.1) is 11.6 Å². The van der Waals surface area contributed by atoms with Crippen molar-refractivity contribution in [3.63, 3.8) is 0 Å². The number of carbonyl (C=O) groups excluding carboxylic acids is 1. The topological polar surface area (TPSA) is 58.6 Å². The number of nitrogens with one attached hydrogen (secondary N) is 1. The van der Waals surface area contributed by atoms with Crippen molar-refractivity contribution >= 4 is 17.5 Å². The third-order valence-corrected chi connectivity index (χ3v) is 2.54. The minimum atomic E-state index is -0.622. The summed E-state index contributed by atoms with van der Waals surface area (Å²) in [4.78, 5) is 11.6. The first-order chi connectivity index (χ1) is 6.47. The molecule has 0 saturated heterocycles. The zero-order valence-corrected chi connectivity index (χ0v) is 9.60. The first kappa shape index (κ1) is 13.7. The van der Waals surface area contributed by atoms with E-state index < -0.39 is 5.41 Å². The molecule has 0 aliphatic carbocycles. The Kier molecular flexibility index (Phi) is 6.08. The molecule has 5 heteroatoms. The van der Waals surface area contributed by atoms with Crippen LogP contribution in [0, 0.1) is 5.41 Å². The average molecular weight is 224 g/mol. The number of rotatable bonds is 6. The number of alkyl halides is 1. The maximum Gasteiger partial charge on any atom is 0.227 e. The van der Waals surface area contributed by atoms with Gasteiger partial charge in [0, 0.05) is 13.0 Å². The Labute approximate surface area is 89.6 Å². The molecule has 1 atom stereocenters. The normalized spacial score (nSPS) is 13.8. The molecule has 0 aliphatic heterocycles. The molecule has 0 aromatic rings. The van der Waals surface area contributed by atoms with Crippen LogP contribution >= 0.6 is 11.6 Å². The standard InChI is InChI=1S/C9H18ClNO3/c1-9(2,6-10)8(13)11-7(4-12)5-14-3/h7,12H,4-6H2,1-3H3,(H,11,13). The molecule has 0 radical (unpaired) electrons. The first-order valence-electron chi connectivity index (χ1n) is 4.44. The third kappa shape index (κ3) is 4.26. The van der Waals surface area contributed by atoms with Crippen LogP contribution in [0.4, 0.5) is 0 Å². The van der Waals surface area contributed by atoms with Gasteiger partial charge in [-0.25, -0.2) is 0 Å². The maximum atomic E-state index is 11.6. The summed E-state index contributed by atoms with van der Waals surface area (Å²) in [7, 11) is 1.52. The summed E-state index contributed by atoms with van der Waals surface area (Å²) in [5.41, 5.74) is -0.622. The fourth-order valence-corrected chi connectivity index (χ4v) is 0.904. The molecule has 0 aliphatic rings. The van der Waals surface area contributed by atoms with Gasteiger partial charge >= 0.3 is 0 Å². The van der Waals surface area contributed by atoms with Crippen molar-refractivity contribution in [2.75, 3.05) is 26.2 Å². The fourth-order valence-electron chi connectivity index (χ4n) is 0.783. The average Bonchev–Trinajstić information content (AvgIpc) is 2.16. The molecular weight excluding hydrogens is 206 g/mol. The molecular formula is C9H18ClNO3. The number of halogens is 1. The van der Waals surface area contributed by atoms with Gasteiger partial charge in [-0.3, -0.25) is 4.79 Å². The second-order valence-electron chi connectivity index (χ2n) is 3.83. The van der Waals surface area contributed by atoms with E-state index in [4.69, 9.17) is 21.4 Å². The van der Waals surface area contributed by atoms with Crippen molar-refractivity contribution in [3.8, 4) is 0 Å². The Morgan fingerprint density at radius 1 is 1.64 bits per heavy atom. The van der Waals surface area contributed by atoms with E-state index in [9.17, 15) is 4.79 Å². The zero-order valence-electron chi connectivity index (χ0n) is 8.84. The first-order valence-corrected chi connectivity index (χ1v) is 4.98. The summed E-state index contributed by atoms with van der Waals surface area (Å²) in [5.74, 6) is 0.0628. The fraction of sp³-hybridized carbons (Fsp3) is 0.889. The van der Waals surface area contributed by atoms with Crippen LogP contribution in [-0.4, -0.2) is 43.3 Å². The number of ether oxygens (including phenoxy) is 1. The van der Waals surface area contributed by atoms with E-state index in [1.165, 1.54) is 7.11 Å². The summed E-state index contributed by atoms with van der Waals surface area (Å²) in [6, 6.07) is -0.366. The highest BCUT2D eigenvalue weighted by Gasteiger charge is 2.28. The van der Waals surface area contributed by atoms with Crippen LogP contribution in [0.3, 0.4) is 0 Å². The molecule has 0 heterocycles. The molecule has 0 bridgehead atoms. The van der Waals surface area contributed by atoms with Crippen molar-refractivity contribution < 1.29 is 14.6 Å².